The Bertz CT molecular complexity index is 1710. The second-order valence-electron chi connectivity index (χ2n) is 11.2. The Morgan fingerprint density at radius 1 is 1.19 bits per heavy atom. The lowest BCUT2D eigenvalue weighted by Gasteiger charge is -2.26. The molecule has 2 heterocycles. The molecule has 12 heteroatoms. The largest absolute Gasteiger partial charge is 0.477 e. The molecular weight excluding hydrogens is 577 g/mol. The van der Waals surface area contributed by atoms with Gasteiger partial charge in [0.2, 0.25) is 0 Å². The SMILES string of the molecule is Cc1c(C(=O)OC(C)(C)C)ccc2c1CC[C@@H]2N(C)C(=O)c1cc(C(=O)O)nc2ccnn12.NCc1ccc(F)c(Cl)c1. The lowest BCUT2D eigenvalue weighted by molar-refractivity contribution is 0.00681. The van der Waals surface area contributed by atoms with E-state index in [9.17, 15) is 23.9 Å². The van der Waals surface area contributed by atoms with Crippen molar-refractivity contribution < 1.29 is 28.6 Å². The molecule has 0 aliphatic heterocycles. The first-order valence-electron chi connectivity index (χ1n) is 13.6. The predicted octanol–water partition coefficient (Wildman–Crippen LogP) is 5.39. The number of halogens is 2. The van der Waals surface area contributed by atoms with E-state index in [4.69, 9.17) is 22.1 Å². The molecule has 2 aromatic heterocycles. The number of amides is 1. The summed E-state index contributed by atoms with van der Waals surface area (Å²) in [5.74, 6) is -2.35. The second kappa shape index (κ2) is 12.5. The average molecular weight is 610 g/mol. The Kier molecular flexibility index (Phi) is 9.17. The number of carboxylic acids is 1. The zero-order valence-electron chi connectivity index (χ0n) is 24.5. The normalized spacial score (nSPS) is 14.1. The minimum atomic E-state index is -1.22. The van der Waals surface area contributed by atoms with Crippen LogP contribution < -0.4 is 5.73 Å². The summed E-state index contributed by atoms with van der Waals surface area (Å²) in [6.45, 7) is 7.78. The first-order chi connectivity index (χ1) is 20.2. The number of benzene rings is 2. The second-order valence-corrected chi connectivity index (χ2v) is 11.6. The summed E-state index contributed by atoms with van der Waals surface area (Å²) in [4.78, 5) is 43.1. The highest BCUT2D eigenvalue weighted by molar-refractivity contribution is 6.30. The molecule has 1 aliphatic carbocycles. The molecule has 2 aromatic carbocycles. The lowest BCUT2D eigenvalue weighted by atomic mass is 9.97. The van der Waals surface area contributed by atoms with Crippen LogP contribution >= 0.6 is 11.6 Å². The van der Waals surface area contributed by atoms with Gasteiger partial charge in [-0.05, 0) is 81.0 Å². The van der Waals surface area contributed by atoms with Crippen LogP contribution in [0.4, 0.5) is 4.39 Å². The van der Waals surface area contributed by atoms with Gasteiger partial charge in [0.25, 0.3) is 5.91 Å². The maximum absolute atomic E-state index is 13.4. The summed E-state index contributed by atoms with van der Waals surface area (Å²) >= 11 is 5.46. The number of carbonyl (C=O) groups is 3. The highest BCUT2D eigenvalue weighted by Gasteiger charge is 2.33. The summed E-state index contributed by atoms with van der Waals surface area (Å²) in [6.07, 6.45) is 2.88. The van der Waals surface area contributed by atoms with Gasteiger partial charge < -0.3 is 20.5 Å². The number of rotatable bonds is 5. The van der Waals surface area contributed by atoms with E-state index in [1.165, 1.54) is 28.9 Å². The molecular formula is C31H33ClFN5O5. The fourth-order valence-corrected chi connectivity index (χ4v) is 5.18. The minimum absolute atomic E-state index is 0.125. The van der Waals surface area contributed by atoms with E-state index < -0.39 is 17.4 Å². The number of carbonyl (C=O) groups excluding carboxylic acids is 2. The molecule has 0 radical (unpaired) electrons. The van der Waals surface area contributed by atoms with Crippen LogP contribution in [0.1, 0.15) is 86.8 Å². The quantitative estimate of drug-likeness (QED) is 0.287. The minimum Gasteiger partial charge on any atom is -0.477 e. The first kappa shape index (κ1) is 31.6. The maximum Gasteiger partial charge on any atom is 0.354 e. The van der Waals surface area contributed by atoms with E-state index in [-0.39, 0.29) is 40.0 Å². The molecule has 226 valence electrons. The Balaban J connectivity index is 0.000000359. The summed E-state index contributed by atoms with van der Waals surface area (Å²) in [5, 5.41) is 13.6. The van der Waals surface area contributed by atoms with Crippen LogP contribution in [0.5, 0.6) is 0 Å². The van der Waals surface area contributed by atoms with E-state index in [2.05, 4.69) is 10.1 Å². The van der Waals surface area contributed by atoms with Gasteiger partial charge in [-0.2, -0.15) is 5.10 Å². The van der Waals surface area contributed by atoms with Gasteiger partial charge in [-0.3, -0.25) is 4.79 Å². The van der Waals surface area contributed by atoms with Gasteiger partial charge in [-0.15, -0.1) is 0 Å². The average Bonchev–Trinajstić information content (AvgIpc) is 3.60. The molecule has 1 amide bonds. The fourth-order valence-electron chi connectivity index (χ4n) is 4.98. The van der Waals surface area contributed by atoms with Gasteiger partial charge in [-0.1, -0.05) is 23.7 Å². The number of nitrogens with two attached hydrogens (primary N) is 1. The topological polar surface area (TPSA) is 140 Å². The number of ether oxygens (including phenoxy) is 1. The third kappa shape index (κ3) is 6.84. The number of aromatic carboxylic acids is 1. The van der Waals surface area contributed by atoms with Crippen LogP contribution in [0.3, 0.4) is 0 Å². The van der Waals surface area contributed by atoms with Gasteiger partial charge in [0.05, 0.1) is 22.8 Å². The van der Waals surface area contributed by atoms with Crippen molar-refractivity contribution >= 4 is 35.1 Å². The monoisotopic (exact) mass is 609 g/mol. The summed E-state index contributed by atoms with van der Waals surface area (Å²) in [7, 11) is 1.69. The Morgan fingerprint density at radius 3 is 2.53 bits per heavy atom. The van der Waals surface area contributed by atoms with E-state index in [1.807, 2.05) is 33.8 Å². The Labute approximate surface area is 253 Å². The molecule has 1 aliphatic rings. The summed E-state index contributed by atoms with van der Waals surface area (Å²) in [6, 6.07) is 10.7. The van der Waals surface area contributed by atoms with Crippen molar-refractivity contribution in [3.63, 3.8) is 0 Å². The highest BCUT2D eigenvalue weighted by atomic mass is 35.5. The third-order valence-corrected chi connectivity index (χ3v) is 7.38. The zero-order chi connectivity index (χ0) is 31.6. The number of aromatic nitrogens is 3. The van der Waals surface area contributed by atoms with Crippen molar-refractivity contribution in [1.82, 2.24) is 19.5 Å². The van der Waals surface area contributed by atoms with E-state index >= 15 is 0 Å². The number of esters is 1. The number of fused-ring (bicyclic) bond motifs is 2. The van der Waals surface area contributed by atoms with Crippen molar-refractivity contribution in [2.75, 3.05) is 7.05 Å². The molecule has 0 saturated heterocycles. The van der Waals surface area contributed by atoms with Crippen molar-refractivity contribution in [2.45, 2.75) is 58.7 Å². The Hall–Kier alpha value is -4.35. The molecule has 0 unspecified atom stereocenters. The molecule has 0 bridgehead atoms. The standard InChI is InChI=1S/C24H26N4O5.C7H7ClFN/c1-13-14-8-9-18(16(14)7-6-15(13)23(32)33-24(2,3)4)27(5)21(29)19-12-17(22(30)31)26-20-10-11-25-28(19)20;8-6-3-5(4-10)1-2-7(6)9/h6-7,10-12,18H,8-9H2,1-5H3,(H,30,31);1-3H,4,10H2/t18-;/m0./s1. The molecule has 10 nitrogen and oxygen atoms in total. The number of nitrogens with zero attached hydrogens (tertiary/aromatic N) is 4. The van der Waals surface area contributed by atoms with Crippen LogP contribution in [-0.4, -0.2) is 55.1 Å². The predicted molar refractivity (Wildman–Crippen MR) is 159 cm³/mol. The van der Waals surface area contributed by atoms with Gasteiger partial charge in [0.15, 0.2) is 11.3 Å². The summed E-state index contributed by atoms with van der Waals surface area (Å²) < 4.78 is 19.3. The smallest absolute Gasteiger partial charge is 0.354 e. The van der Waals surface area contributed by atoms with Crippen LogP contribution in [-0.2, 0) is 17.7 Å². The highest BCUT2D eigenvalue weighted by Crippen LogP contribution is 2.38. The Morgan fingerprint density at radius 2 is 1.91 bits per heavy atom. The van der Waals surface area contributed by atoms with Crippen LogP contribution in [0.2, 0.25) is 5.02 Å². The van der Waals surface area contributed by atoms with E-state index in [0.717, 1.165) is 22.3 Å². The number of carboxylic acid groups (broad SMARTS) is 1. The van der Waals surface area contributed by atoms with Crippen molar-refractivity contribution in [1.29, 1.82) is 0 Å². The van der Waals surface area contributed by atoms with Gasteiger partial charge in [0, 0.05) is 25.7 Å². The molecule has 5 rings (SSSR count). The van der Waals surface area contributed by atoms with Gasteiger partial charge in [0.1, 0.15) is 17.1 Å². The maximum atomic E-state index is 13.4. The van der Waals surface area contributed by atoms with Gasteiger partial charge >= 0.3 is 11.9 Å². The third-order valence-electron chi connectivity index (χ3n) is 7.09. The molecule has 1 atom stereocenters. The molecule has 3 N–H and O–H groups in total. The van der Waals surface area contributed by atoms with E-state index in [0.29, 0.717) is 24.9 Å². The summed E-state index contributed by atoms with van der Waals surface area (Å²) in [5.41, 5.74) is 9.12. The molecule has 4 aromatic rings. The van der Waals surface area contributed by atoms with Crippen molar-refractivity contribution in [3.8, 4) is 0 Å². The first-order valence-corrected chi connectivity index (χ1v) is 13.9. The number of hydrogen-bond acceptors (Lipinski definition) is 7. The molecule has 0 saturated carbocycles. The van der Waals surface area contributed by atoms with Crippen molar-refractivity contribution in [3.05, 3.63) is 98.7 Å². The zero-order valence-corrected chi connectivity index (χ0v) is 25.3. The van der Waals surface area contributed by atoms with Crippen LogP contribution in [0, 0.1) is 12.7 Å². The van der Waals surface area contributed by atoms with Gasteiger partial charge in [-0.25, -0.2) is 23.5 Å². The fraction of sp³-hybridized carbons (Fsp3) is 0.323. The number of hydrogen-bond donors (Lipinski definition) is 2. The van der Waals surface area contributed by atoms with Crippen LogP contribution in [0.15, 0.2) is 48.7 Å². The van der Waals surface area contributed by atoms with E-state index in [1.54, 1.807) is 30.1 Å². The van der Waals surface area contributed by atoms with Crippen molar-refractivity contribution in [2.24, 2.45) is 5.73 Å². The van der Waals surface area contributed by atoms with Crippen LogP contribution in [0.25, 0.3) is 5.65 Å². The molecule has 0 spiro atoms. The molecule has 0 fully saturated rings. The molecule has 43 heavy (non-hydrogen) atoms. The lowest BCUT2D eigenvalue weighted by Crippen LogP contribution is -2.32.